The second-order valence-electron chi connectivity index (χ2n) is 4.69. The van der Waals surface area contributed by atoms with Crippen molar-refractivity contribution in [2.75, 3.05) is 19.0 Å². The highest BCUT2D eigenvalue weighted by Gasteiger charge is 2.23. The first-order chi connectivity index (χ1) is 6.92. The summed E-state index contributed by atoms with van der Waals surface area (Å²) in [6, 6.07) is 0. The van der Waals surface area contributed by atoms with Gasteiger partial charge < -0.3 is 9.64 Å². The predicted octanol–water partition coefficient (Wildman–Crippen LogP) is 2.79. The van der Waals surface area contributed by atoms with Gasteiger partial charge in [0.25, 0.3) is 0 Å². The summed E-state index contributed by atoms with van der Waals surface area (Å²) in [6.45, 7) is 6.92. The van der Waals surface area contributed by atoms with Crippen molar-refractivity contribution in [1.29, 1.82) is 0 Å². The Balaban J connectivity index is 2.52. The first kappa shape index (κ1) is 12.4. The van der Waals surface area contributed by atoms with Crippen molar-refractivity contribution in [1.82, 2.24) is 4.90 Å². The molecule has 3 nitrogen and oxygen atoms in total. The molecule has 0 aromatic carbocycles. The first-order valence-electron chi connectivity index (χ1n) is 5.14. The molecule has 1 heterocycles. The number of ether oxygens (including phenoxy) is 1. The number of halogens is 1. The molecule has 0 aromatic rings. The molecule has 15 heavy (non-hydrogen) atoms. The molecule has 0 aromatic heterocycles. The average Bonchev–Trinajstić information content (AvgIpc) is 2.15. The van der Waals surface area contributed by atoms with Gasteiger partial charge in [-0.15, -0.1) is 11.6 Å². The molecule has 4 heteroatoms. The van der Waals surface area contributed by atoms with Gasteiger partial charge in [0.15, 0.2) is 0 Å². The van der Waals surface area contributed by atoms with Gasteiger partial charge in [-0.3, -0.25) is 0 Å². The van der Waals surface area contributed by atoms with Crippen LogP contribution in [0.25, 0.3) is 0 Å². The number of carbonyl (C=O) groups excluding carboxylic acids is 1. The van der Waals surface area contributed by atoms with Gasteiger partial charge in [-0.2, -0.15) is 0 Å². The summed E-state index contributed by atoms with van der Waals surface area (Å²) < 4.78 is 5.29. The SMILES string of the molecule is CC(C)(C)OC(=O)N1CCC=C(CCl)C1. The maximum atomic E-state index is 11.7. The van der Waals surface area contributed by atoms with Crippen molar-refractivity contribution in [2.45, 2.75) is 32.8 Å². The topological polar surface area (TPSA) is 29.5 Å². The third kappa shape index (κ3) is 4.12. The van der Waals surface area contributed by atoms with E-state index in [-0.39, 0.29) is 6.09 Å². The van der Waals surface area contributed by atoms with Crippen LogP contribution < -0.4 is 0 Å². The van der Waals surface area contributed by atoms with E-state index in [9.17, 15) is 4.79 Å². The second-order valence-corrected chi connectivity index (χ2v) is 4.95. The Morgan fingerprint density at radius 1 is 1.60 bits per heavy atom. The summed E-state index contributed by atoms with van der Waals surface area (Å²) >= 11 is 5.74. The maximum Gasteiger partial charge on any atom is 0.410 e. The molecule has 0 spiro atoms. The van der Waals surface area contributed by atoms with E-state index in [4.69, 9.17) is 16.3 Å². The average molecular weight is 232 g/mol. The third-order valence-corrected chi connectivity index (χ3v) is 2.39. The zero-order chi connectivity index (χ0) is 11.5. The molecule has 0 aliphatic carbocycles. The Hall–Kier alpha value is -0.700. The summed E-state index contributed by atoms with van der Waals surface area (Å²) in [6.07, 6.45) is 2.70. The zero-order valence-electron chi connectivity index (χ0n) is 9.55. The number of nitrogens with zero attached hydrogens (tertiary/aromatic N) is 1. The highest BCUT2D eigenvalue weighted by Crippen LogP contribution is 2.15. The van der Waals surface area contributed by atoms with E-state index in [2.05, 4.69) is 6.08 Å². The summed E-state index contributed by atoms with van der Waals surface area (Å²) in [5.74, 6) is 0.485. The Morgan fingerprint density at radius 3 is 2.80 bits per heavy atom. The molecular formula is C11H18ClNO2. The molecule has 1 amide bonds. The van der Waals surface area contributed by atoms with Crippen LogP contribution in [0.5, 0.6) is 0 Å². The Labute approximate surface area is 96.0 Å². The van der Waals surface area contributed by atoms with Gasteiger partial charge in [0.05, 0.1) is 0 Å². The van der Waals surface area contributed by atoms with Crippen molar-refractivity contribution >= 4 is 17.7 Å². The summed E-state index contributed by atoms with van der Waals surface area (Å²) in [5, 5.41) is 0. The Bertz CT molecular complexity index is 268. The number of carbonyl (C=O) groups is 1. The minimum atomic E-state index is -0.431. The molecule has 0 unspecified atom stereocenters. The largest absolute Gasteiger partial charge is 0.444 e. The van der Waals surface area contributed by atoms with E-state index in [0.29, 0.717) is 12.4 Å². The number of amides is 1. The van der Waals surface area contributed by atoms with Crippen LogP contribution in [0.3, 0.4) is 0 Å². The smallest absolute Gasteiger partial charge is 0.410 e. The third-order valence-electron chi connectivity index (χ3n) is 2.05. The van der Waals surface area contributed by atoms with E-state index in [0.717, 1.165) is 18.5 Å². The van der Waals surface area contributed by atoms with Gasteiger partial charge in [0.1, 0.15) is 5.60 Å². The van der Waals surface area contributed by atoms with Crippen molar-refractivity contribution < 1.29 is 9.53 Å². The van der Waals surface area contributed by atoms with E-state index in [1.807, 2.05) is 20.8 Å². The molecular weight excluding hydrogens is 214 g/mol. The van der Waals surface area contributed by atoms with Crippen LogP contribution in [0.4, 0.5) is 4.79 Å². The van der Waals surface area contributed by atoms with E-state index in [1.54, 1.807) is 4.90 Å². The lowest BCUT2D eigenvalue weighted by Gasteiger charge is -2.29. The van der Waals surface area contributed by atoms with Crippen LogP contribution in [0.15, 0.2) is 11.6 Å². The molecule has 86 valence electrons. The Morgan fingerprint density at radius 2 is 2.27 bits per heavy atom. The summed E-state index contributed by atoms with van der Waals surface area (Å²) in [5.41, 5.74) is 0.660. The molecule has 1 rings (SSSR count). The molecule has 1 aliphatic heterocycles. The molecule has 0 atom stereocenters. The zero-order valence-corrected chi connectivity index (χ0v) is 10.3. The standard InChI is InChI=1S/C11H18ClNO2/c1-11(2,3)15-10(14)13-6-4-5-9(7-12)8-13/h5H,4,6-8H2,1-3H3. The minimum absolute atomic E-state index is 0.252. The van der Waals surface area contributed by atoms with Crippen molar-refractivity contribution in [3.63, 3.8) is 0 Å². The maximum absolute atomic E-state index is 11.7. The molecule has 0 radical (unpaired) electrons. The number of rotatable bonds is 1. The molecule has 0 saturated heterocycles. The number of hydrogen-bond donors (Lipinski definition) is 0. The molecule has 1 aliphatic rings. The van der Waals surface area contributed by atoms with Crippen molar-refractivity contribution in [3.05, 3.63) is 11.6 Å². The first-order valence-corrected chi connectivity index (χ1v) is 5.67. The van der Waals surface area contributed by atoms with Crippen LogP contribution in [-0.2, 0) is 4.74 Å². The van der Waals surface area contributed by atoms with Crippen LogP contribution in [0.1, 0.15) is 27.2 Å². The van der Waals surface area contributed by atoms with E-state index >= 15 is 0 Å². The van der Waals surface area contributed by atoms with Gasteiger partial charge in [-0.1, -0.05) is 6.08 Å². The van der Waals surface area contributed by atoms with Crippen LogP contribution in [-0.4, -0.2) is 35.6 Å². The van der Waals surface area contributed by atoms with Gasteiger partial charge in [0.2, 0.25) is 0 Å². The minimum Gasteiger partial charge on any atom is -0.444 e. The van der Waals surface area contributed by atoms with Gasteiger partial charge >= 0.3 is 6.09 Å². The predicted molar refractivity (Wildman–Crippen MR) is 61.2 cm³/mol. The lowest BCUT2D eigenvalue weighted by Crippen LogP contribution is -2.40. The van der Waals surface area contributed by atoms with Crippen LogP contribution >= 0.6 is 11.6 Å². The summed E-state index contributed by atoms with van der Waals surface area (Å²) in [7, 11) is 0. The van der Waals surface area contributed by atoms with Crippen LogP contribution in [0.2, 0.25) is 0 Å². The van der Waals surface area contributed by atoms with Crippen LogP contribution in [0, 0.1) is 0 Å². The highest BCUT2D eigenvalue weighted by molar-refractivity contribution is 6.19. The normalized spacial score (nSPS) is 17.3. The summed E-state index contributed by atoms with van der Waals surface area (Å²) in [4.78, 5) is 13.4. The lowest BCUT2D eigenvalue weighted by molar-refractivity contribution is 0.0262. The van der Waals surface area contributed by atoms with E-state index in [1.165, 1.54) is 0 Å². The van der Waals surface area contributed by atoms with Crippen molar-refractivity contribution in [2.24, 2.45) is 0 Å². The lowest BCUT2D eigenvalue weighted by atomic mass is 10.1. The van der Waals surface area contributed by atoms with Gasteiger partial charge in [0, 0.05) is 19.0 Å². The number of alkyl halides is 1. The van der Waals surface area contributed by atoms with E-state index < -0.39 is 5.60 Å². The highest BCUT2D eigenvalue weighted by atomic mass is 35.5. The number of hydrogen-bond acceptors (Lipinski definition) is 2. The molecule has 0 bridgehead atoms. The van der Waals surface area contributed by atoms with Gasteiger partial charge in [-0.25, -0.2) is 4.79 Å². The monoisotopic (exact) mass is 231 g/mol. The molecule has 0 saturated carbocycles. The fourth-order valence-corrected chi connectivity index (χ4v) is 1.59. The fourth-order valence-electron chi connectivity index (χ4n) is 1.39. The quantitative estimate of drug-likeness (QED) is 0.513. The fraction of sp³-hybridized carbons (Fsp3) is 0.727. The van der Waals surface area contributed by atoms with Gasteiger partial charge in [-0.05, 0) is 32.8 Å². The molecule has 0 N–H and O–H groups in total. The van der Waals surface area contributed by atoms with Crippen molar-refractivity contribution in [3.8, 4) is 0 Å². The second kappa shape index (κ2) is 4.88. The molecule has 0 fully saturated rings. The Kier molecular flexibility index (Phi) is 4.03.